The average Bonchev–Trinajstić information content (AvgIpc) is 2.18. The van der Waals surface area contributed by atoms with Gasteiger partial charge in [0.2, 0.25) is 11.2 Å². The molecule has 1 aliphatic rings. The molecule has 0 aromatic heterocycles. The summed E-state index contributed by atoms with van der Waals surface area (Å²) >= 11 is 0. The van der Waals surface area contributed by atoms with Crippen molar-refractivity contribution in [1.29, 1.82) is 0 Å². The molecule has 0 aromatic carbocycles. The lowest BCUT2D eigenvalue weighted by molar-refractivity contribution is -0.712. The Kier molecular flexibility index (Phi) is 3.49. The molecule has 2 N–H and O–H groups in total. The van der Waals surface area contributed by atoms with Crippen LogP contribution >= 0.6 is 0 Å². The van der Waals surface area contributed by atoms with E-state index in [1.165, 1.54) is 12.1 Å². The number of nitrogens with two attached hydrogens (primary N) is 1. The van der Waals surface area contributed by atoms with Crippen molar-refractivity contribution in [1.82, 2.24) is 5.01 Å². The molecule has 0 aromatic rings. The van der Waals surface area contributed by atoms with E-state index in [1.54, 1.807) is 0 Å². The number of hydrogen-bond donors (Lipinski definition) is 1. The maximum atomic E-state index is 11.1. The van der Waals surface area contributed by atoms with Gasteiger partial charge in [0.25, 0.3) is 0 Å². The van der Waals surface area contributed by atoms with Crippen LogP contribution in [-0.4, -0.2) is 36.1 Å². The van der Waals surface area contributed by atoms with Crippen LogP contribution in [0.3, 0.4) is 0 Å². The van der Waals surface area contributed by atoms with Gasteiger partial charge in [-0.3, -0.25) is 4.79 Å². The first kappa shape index (κ1) is 10.6. The van der Waals surface area contributed by atoms with Crippen LogP contribution in [0.2, 0.25) is 0 Å². The zero-order valence-corrected chi connectivity index (χ0v) is 8.05. The first-order valence-corrected chi connectivity index (χ1v) is 4.40. The number of hydrazine groups is 1. The number of hydrogen-bond acceptors (Lipinski definition) is 4. The second kappa shape index (κ2) is 4.64. The van der Waals surface area contributed by atoms with Crippen molar-refractivity contribution in [2.75, 3.05) is 20.2 Å². The smallest absolute Gasteiger partial charge is 0.232 e. The van der Waals surface area contributed by atoms with E-state index in [1.807, 2.05) is 0 Å². The Morgan fingerprint density at radius 2 is 2.21 bits per heavy atom. The summed E-state index contributed by atoms with van der Waals surface area (Å²) in [7, 11) is 1.31. The van der Waals surface area contributed by atoms with Gasteiger partial charge in [-0.1, -0.05) is 0 Å². The van der Waals surface area contributed by atoms with Crippen LogP contribution in [0.4, 0.5) is 0 Å². The molecule has 0 bridgehead atoms. The fourth-order valence-electron chi connectivity index (χ4n) is 1.44. The molecule has 1 rings (SSSR count). The Labute approximate surface area is 81.6 Å². The summed E-state index contributed by atoms with van der Waals surface area (Å²) in [6, 6.07) is 0. The predicted octanol–water partition coefficient (Wildman–Crippen LogP) is -0.377. The third-order valence-electron chi connectivity index (χ3n) is 2.27. The summed E-state index contributed by atoms with van der Waals surface area (Å²) in [5.41, 5.74) is 5.15. The van der Waals surface area contributed by atoms with Gasteiger partial charge in [-0.25, -0.2) is 0 Å². The van der Waals surface area contributed by atoms with Gasteiger partial charge in [-0.05, 0) is 12.8 Å². The van der Waals surface area contributed by atoms with Crippen molar-refractivity contribution in [2.45, 2.75) is 12.8 Å². The molecule has 0 spiro atoms. The van der Waals surface area contributed by atoms with Crippen molar-refractivity contribution in [3.8, 4) is 0 Å². The van der Waals surface area contributed by atoms with Crippen LogP contribution in [0, 0.1) is 11.1 Å². The van der Waals surface area contributed by atoms with Crippen molar-refractivity contribution in [2.24, 2.45) is 16.9 Å². The van der Waals surface area contributed by atoms with Crippen LogP contribution in [0.5, 0.6) is 0 Å². The highest BCUT2D eigenvalue weighted by molar-refractivity contribution is 5.76. The van der Waals surface area contributed by atoms with E-state index in [9.17, 15) is 10.0 Å². The number of nitrogens with zero attached hydrogens (tertiary/aromatic N) is 3. The Balaban J connectivity index is 2.43. The van der Waals surface area contributed by atoms with Gasteiger partial charge in [0.05, 0.1) is 18.1 Å². The number of rotatable bonds is 3. The summed E-state index contributed by atoms with van der Waals surface area (Å²) in [6.07, 6.45) is 1.18. The molecule has 1 amide bonds. The van der Waals surface area contributed by atoms with Gasteiger partial charge < -0.3 is 15.8 Å². The lowest BCUT2D eigenvalue weighted by atomic mass is 9.97. The second-order valence-corrected chi connectivity index (χ2v) is 3.15. The Morgan fingerprint density at radius 1 is 1.64 bits per heavy atom. The van der Waals surface area contributed by atoms with Gasteiger partial charge in [-0.2, -0.15) is 0 Å². The van der Waals surface area contributed by atoms with Crippen LogP contribution in [0.15, 0.2) is 5.28 Å². The summed E-state index contributed by atoms with van der Waals surface area (Å²) in [5, 5.41) is 15.8. The summed E-state index contributed by atoms with van der Waals surface area (Å²) in [5.74, 6) is -0.423. The summed E-state index contributed by atoms with van der Waals surface area (Å²) in [6.45, 7) is 0.952. The van der Waals surface area contributed by atoms with E-state index in [0.717, 1.165) is 0 Å². The third-order valence-corrected chi connectivity index (χ3v) is 2.27. The molecular weight excluding hydrogens is 188 g/mol. The van der Waals surface area contributed by atoms with E-state index in [-0.39, 0.29) is 11.8 Å². The topological polar surface area (TPSA) is 94.0 Å². The zero-order chi connectivity index (χ0) is 10.6. The van der Waals surface area contributed by atoms with Crippen molar-refractivity contribution < 1.29 is 14.6 Å². The molecule has 1 fully saturated rings. The summed E-state index contributed by atoms with van der Waals surface area (Å²) in [4.78, 5) is 15.6. The molecule has 80 valence electrons. The number of carbonyl (C=O) groups excluding carboxylic acids is 1. The van der Waals surface area contributed by atoms with Crippen molar-refractivity contribution in [3.63, 3.8) is 0 Å². The first-order chi connectivity index (χ1) is 6.65. The number of carbonyl (C=O) groups is 1. The molecule has 1 aliphatic heterocycles. The van der Waals surface area contributed by atoms with Crippen LogP contribution in [0.25, 0.3) is 0 Å². The fraction of sp³-hybridized carbons (Fsp3) is 0.857. The van der Waals surface area contributed by atoms with E-state index >= 15 is 0 Å². The lowest BCUT2D eigenvalue weighted by Gasteiger charge is -2.26. The molecule has 1 heterocycles. The predicted molar refractivity (Wildman–Crippen MR) is 46.6 cm³/mol. The first-order valence-electron chi connectivity index (χ1n) is 4.40. The Bertz CT molecular complexity index is 235. The third kappa shape index (κ3) is 2.48. The highest BCUT2D eigenvalue weighted by Gasteiger charge is 2.26. The van der Waals surface area contributed by atoms with Crippen LogP contribution < -0.4 is 5.73 Å². The molecule has 0 saturated carbocycles. The van der Waals surface area contributed by atoms with E-state index in [2.05, 4.69) is 10.1 Å². The highest BCUT2D eigenvalue weighted by atomic mass is 16.7. The monoisotopic (exact) mass is 202 g/mol. The number of amides is 1. The largest absolute Gasteiger partial charge is 0.569 e. The molecule has 14 heavy (non-hydrogen) atoms. The minimum Gasteiger partial charge on any atom is -0.569 e. The quantitative estimate of drug-likeness (QED) is 0.383. The lowest BCUT2D eigenvalue weighted by Crippen LogP contribution is -2.41. The zero-order valence-electron chi connectivity index (χ0n) is 8.05. The average molecular weight is 202 g/mol. The Hall–Kier alpha value is -1.53. The number of primary amides is 1. The maximum absolute atomic E-state index is 11.1. The van der Waals surface area contributed by atoms with Gasteiger partial charge in [0.1, 0.15) is 7.11 Å². The SMILES string of the molecule is CO/N=[N+](\[O-])N1CCC(C(N)=O)CC1. The van der Waals surface area contributed by atoms with Crippen molar-refractivity contribution >= 4 is 5.91 Å². The van der Waals surface area contributed by atoms with Gasteiger partial charge in [0.15, 0.2) is 0 Å². The molecule has 7 nitrogen and oxygen atoms in total. The molecular formula is C7H14N4O3. The van der Waals surface area contributed by atoms with Crippen molar-refractivity contribution in [3.05, 3.63) is 5.21 Å². The van der Waals surface area contributed by atoms with Gasteiger partial charge in [0, 0.05) is 5.92 Å². The molecule has 0 unspecified atom stereocenters. The minimum absolute atomic E-state index is 0.123. The standard InChI is InChI=1S/C7H14N4O3/c1-14-9-11(13)10-4-2-6(3-5-10)7(8)12/h6H,2-5H2,1H3,(H2,8,12)/b11-9-. The van der Waals surface area contributed by atoms with Crippen LogP contribution in [0.1, 0.15) is 12.8 Å². The maximum Gasteiger partial charge on any atom is 0.232 e. The normalized spacial score (nSPS) is 19.5. The van der Waals surface area contributed by atoms with E-state index in [0.29, 0.717) is 30.9 Å². The Morgan fingerprint density at radius 3 is 2.64 bits per heavy atom. The van der Waals surface area contributed by atoms with E-state index < -0.39 is 0 Å². The minimum atomic E-state index is -0.300. The van der Waals surface area contributed by atoms with Gasteiger partial charge in [-0.15, -0.1) is 5.01 Å². The fourth-order valence-corrected chi connectivity index (χ4v) is 1.44. The molecule has 7 heteroatoms. The van der Waals surface area contributed by atoms with E-state index in [4.69, 9.17) is 5.73 Å². The molecule has 0 aliphatic carbocycles. The summed E-state index contributed by atoms with van der Waals surface area (Å²) < 4.78 is 0. The van der Waals surface area contributed by atoms with Gasteiger partial charge >= 0.3 is 0 Å². The molecule has 0 atom stereocenters. The molecule has 0 radical (unpaired) electrons. The highest BCUT2D eigenvalue weighted by Crippen LogP contribution is 2.16. The van der Waals surface area contributed by atoms with Crippen LogP contribution in [-0.2, 0) is 9.63 Å². The molecule has 1 saturated heterocycles. The second-order valence-electron chi connectivity index (χ2n) is 3.15. The number of piperidine rings is 1.